The number of rotatable bonds is 3. The number of fused-ring (bicyclic) bond motifs is 5. The Morgan fingerprint density at radius 3 is 2.48 bits per heavy atom. The summed E-state index contributed by atoms with van der Waals surface area (Å²) in [4.78, 5) is 12.0. The summed E-state index contributed by atoms with van der Waals surface area (Å²) in [6.45, 7) is 12.2. The lowest BCUT2D eigenvalue weighted by molar-refractivity contribution is -0.117. The summed E-state index contributed by atoms with van der Waals surface area (Å²) >= 11 is 0. The zero-order chi connectivity index (χ0) is 19.4. The van der Waals surface area contributed by atoms with Gasteiger partial charge < -0.3 is 0 Å². The first-order valence-corrected chi connectivity index (χ1v) is 11.7. The minimum atomic E-state index is 0.319. The van der Waals surface area contributed by atoms with Crippen LogP contribution in [0.2, 0.25) is 0 Å². The number of ketones is 1. The fraction of sp³-hybridized carbons (Fsp3) is 0.808. The Hall–Kier alpha value is -0.850. The molecule has 4 aliphatic rings. The van der Waals surface area contributed by atoms with Crippen molar-refractivity contribution < 1.29 is 4.79 Å². The Morgan fingerprint density at radius 2 is 1.74 bits per heavy atom. The Kier molecular flexibility index (Phi) is 4.97. The van der Waals surface area contributed by atoms with Gasteiger partial charge in [0.1, 0.15) is 0 Å². The molecule has 0 N–H and O–H groups in total. The first kappa shape index (κ1) is 19.5. The lowest BCUT2D eigenvalue weighted by atomic mass is 9.46. The molecule has 150 valence electrons. The van der Waals surface area contributed by atoms with Crippen LogP contribution in [0.1, 0.15) is 86.0 Å². The maximum atomic E-state index is 12.0. The van der Waals surface area contributed by atoms with Crippen LogP contribution in [0, 0.1) is 46.3 Å². The van der Waals surface area contributed by atoms with Crippen LogP contribution in [0.4, 0.5) is 0 Å². The first-order chi connectivity index (χ1) is 12.8. The molecule has 0 radical (unpaired) electrons. The van der Waals surface area contributed by atoms with Crippen molar-refractivity contribution in [1.82, 2.24) is 0 Å². The average Bonchev–Trinajstić information content (AvgIpc) is 2.97. The second-order valence-electron chi connectivity index (χ2n) is 11.2. The summed E-state index contributed by atoms with van der Waals surface area (Å²) in [7, 11) is 0. The van der Waals surface area contributed by atoms with E-state index in [2.05, 4.69) is 46.8 Å². The predicted molar refractivity (Wildman–Crippen MR) is 113 cm³/mol. The molecule has 0 aromatic rings. The number of hydrogen-bond acceptors (Lipinski definition) is 1. The summed E-state index contributed by atoms with van der Waals surface area (Å²) in [5.74, 6) is 5.23. The molecule has 0 aromatic carbocycles. The highest BCUT2D eigenvalue weighted by Crippen LogP contribution is 2.67. The van der Waals surface area contributed by atoms with Crippen LogP contribution >= 0.6 is 0 Å². The van der Waals surface area contributed by atoms with Crippen molar-refractivity contribution in [2.75, 3.05) is 0 Å². The van der Waals surface area contributed by atoms with Gasteiger partial charge in [-0.05, 0) is 97.4 Å². The Labute approximate surface area is 167 Å². The van der Waals surface area contributed by atoms with Gasteiger partial charge in [0.25, 0.3) is 0 Å². The van der Waals surface area contributed by atoms with E-state index in [0.29, 0.717) is 28.4 Å². The molecule has 1 nitrogen and oxygen atoms in total. The Morgan fingerprint density at radius 1 is 0.963 bits per heavy atom. The topological polar surface area (TPSA) is 17.1 Å². The fourth-order valence-corrected chi connectivity index (χ4v) is 8.00. The van der Waals surface area contributed by atoms with Gasteiger partial charge in [0.2, 0.25) is 0 Å². The zero-order valence-corrected chi connectivity index (χ0v) is 18.3. The second-order valence-corrected chi connectivity index (χ2v) is 11.2. The lowest BCUT2D eigenvalue weighted by Gasteiger charge is -2.58. The summed E-state index contributed by atoms with van der Waals surface area (Å²) in [5, 5.41) is 0. The summed E-state index contributed by atoms with van der Waals surface area (Å²) < 4.78 is 0. The molecule has 4 rings (SSSR count). The van der Waals surface area contributed by atoms with Crippen molar-refractivity contribution in [3.8, 4) is 0 Å². The zero-order valence-electron chi connectivity index (χ0n) is 18.3. The third kappa shape index (κ3) is 3.08. The standard InChI is InChI=1S/C26H40O/c1-17(2)6-7-18(3)22-10-11-23-21-9-8-19-16-20(27)12-14-25(19,4)24(21)13-15-26(22,23)5/h6-7,16-18,21-24H,8-15H2,1-5H3/b7-6+. The van der Waals surface area contributed by atoms with Gasteiger partial charge in [-0.2, -0.15) is 0 Å². The number of hydrogen-bond donors (Lipinski definition) is 0. The Bertz CT molecular complexity index is 655. The van der Waals surface area contributed by atoms with Crippen molar-refractivity contribution in [2.24, 2.45) is 46.3 Å². The molecule has 3 fully saturated rings. The molecule has 3 saturated carbocycles. The molecule has 0 heterocycles. The quantitative estimate of drug-likeness (QED) is 0.491. The molecule has 0 aromatic heterocycles. The van der Waals surface area contributed by atoms with E-state index in [9.17, 15) is 4.79 Å². The van der Waals surface area contributed by atoms with Crippen molar-refractivity contribution in [2.45, 2.75) is 86.0 Å². The highest BCUT2D eigenvalue weighted by Gasteiger charge is 2.59. The number of carbonyl (C=O) groups excluding carboxylic acids is 1. The Balaban J connectivity index is 1.57. The van der Waals surface area contributed by atoms with Gasteiger partial charge in [0.05, 0.1) is 0 Å². The maximum absolute atomic E-state index is 12.0. The molecule has 4 aliphatic carbocycles. The molecule has 27 heavy (non-hydrogen) atoms. The van der Waals surface area contributed by atoms with E-state index >= 15 is 0 Å². The maximum Gasteiger partial charge on any atom is 0.155 e. The summed E-state index contributed by atoms with van der Waals surface area (Å²) in [6.07, 6.45) is 17.1. The number of allylic oxidation sites excluding steroid dienone is 3. The molecule has 1 heteroatoms. The van der Waals surface area contributed by atoms with E-state index in [0.717, 1.165) is 36.5 Å². The predicted octanol–water partition coefficient (Wildman–Crippen LogP) is 6.98. The van der Waals surface area contributed by atoms with Crippen LogP contribution < -0.4 is 0 Å². The monoisotopic (exact) mass is 368 g/mol. The van der Waals surface area contributed by atoms with Crippen LogP contribution in [0.15, 0.2) is 23.8 Å². The fourth-order valence-electron chi connectivity index (χ4n) is 8.00. The highest BCUT2D eigenvalue weighted by atomic mass is 16.1. The molecule has 0 amide bonds. The van der Waals surface area contributed by atoms with Crippen molar-refractivity contribution >= 4 is 5.78 Å². The van der Waals surface area contributed by atoms with Gasteiger partial charge >= 0.3 is 0 Å². The third-order valence-electron chi connectivity index (χ3n) is 9.47. The number of carbonyl (C=O) groups is 1. The third-order valence-corrected chi connectivity index (χ3v) is 9.47. The van der Waals surface area contributed by atoms with Crippen molar-refractivity contribution in [3.05, 3.63) is 23.8 Å². The highest BCUT2D eigenvalue weighted by molar-refractivity contribution is 5.91. The van der Waals surface area contributed by atoms with Crippen LogP contribution in [0.25, 0.3) is 0 Å². The van der Waals surface area contributed by atoms with Gasteiger partial charge in [0.15, 0.2) is 5.78 Å². The molecule has 7 atom stereocenters. The van der Waals surface area contributed by atoms with E-state index in [1.165, 1.54) is 44.1 Å². The van der Waals surface area contributed by atoms with Crippen LogP contribution in [0.3, 0.4) is 0 Å². The van der Waals surface area contributed by atoms with E-state index in [1.54, 1.807) is 0 Å². The molecular weight excluding hydrogens is 328 g/mol. The van der Waals surface area contributed by atoms with Crippen LogP contribution in [0.5, 0.6) is 0 Å². The normalized spacial score (nSPS) is 45.4. The SMILES string of the molecule is CC(C)/C=C/C(C)C1CCC2C3CCC4=CC(=O)CCC4(C)C3CCC12C. The van der Waals surface area contributed by atoms with E-state index < -0.39 is 0 Å². The van der Waals surface area contributed by atoms with Gasteiger partial charge in [-0.3, -0.25) is 4.79 Å². The van der Waals surface area contributed by atoms with Gasteiger partial charge in [0, 0.05) is 6.42 Å². The molecule has 0 saturated heterocycles. The van der Waals surface area contributed by atoms with Crippen molar-refractivity contribution in [3.63, 3.8) is 0 Å². The smallest absolute Gasteiger partial charge is 0.155 e. The van der Waals surface area contributed by atoms with Gasteiger partial charge in [-0.1, -0.05) is 52.3 Å². The van der Waals surface area contributed by atoms with Crippen LogP contribution in [-0.2, 0) is 4.79 Å². The molecule has 0 spiro atoms. The second kappa shape index (κ2) is 6.89. The molecule has 0 bridgehead atoms. The summed E-state index contributed by atoms with van der Waals surface area (Å²) in [5.41, 5.74) is 2.36. The molecule has 0 aliphatic heterocycles. The largest absolute Gasteiger partial charge is 0.295 e. The van der Waals surface area contributed by atoms with Crippen molar-refractivity contribution in [1.29, 1.82) is 0 Å². The lowest BCUT2D eigenvalue weighted by Crippen LogP contribution is -2.50. The molecule has 7 unspecified atom stereocenters. The first-order valence-electron chi connectivity index (χ1n) is 11.7. The van der Waals surface area contributed by atoms with E-state index in [1.807, 2.05) is 6.08 Å². The van der Waals surface area contributed by atoms with Gasteiger partial charge in [-0.15, -0.1) is 0 Å². The molecular formula is C26H40O. The van der Waals surface area contributed by atoms with Crippen LogP contribution in [-0.4, -0.2) is 5.78 Å². The summed E-state index contributed by atoms with van der Waals surface area (Å²) in [6, 6.07) is 0. The minimum Gasteiger partial charge on any atom is -0.295 e. The van der Waals surface area contributed by atoms with E-state index in [-0.39, 0.29) is 0 Å². The average molecular weight is 369 g/mol. The van der Waals surface area contributed by atoms with E-state index in [4.69, 9.17) is 0 Å². The minimum absolute atomic E-state index is 0.319. The van der Waals surface area contributed by atoms with Gasteiger partial charge in [-0.25, -0.2) is 0 Å².